The maximum Gasteiger partial charge on any atom is 0.231 e. The number of nitrogens with one attached hydrogen (secondary N) is 2. The third kappa shape index (κ3) is 5.05. The highest BCUT2D eigenvalue weighted by Crippen LogP contribution is 2.33. The molecule has 0 atom stereocenters. The van der Waals surface area contributed by atoms with Crippen molar-refractivity contribution in [3.8, 4) is 22.7 Å². The average Bonchev–Trinajstić information content (AvgIpc) is 3.52. The van der Waals surface area contributed by atoms with E-state index < -0.39 is 9.84 Å². The lowest BCUT2D eigenvalue weighted by Crippen LogP contribution is -2.14. The van der Waals surface area contributed by atoms with Crippen molar-refractivity contribution in [2.24, 2.45) is 0 Å². The first-order valence-electron chi connectivity index (χ1n) is 11.1. The van der Waals surface area contributed by atoms with Crippen molar-refractivity contribution in [1.82, 2.24) is 15.2 Å². The van der Waals surface area contributed by atoms with Gasteiger partial charge in [-0.05, 0) is 70.6 Å². The number of fused-ring (bicyclic) bond motifs is 1. The Labute approximate surface area is 221 Å². The molecule has 0 fully saturated rings. The number of hydrogen-bond acceptors (Lipinski definition) is 6. The van der Waals surface area contributed by atoms with Crippen molar-refractivity contribution in [1.29, 1.82) is 0 Å². The van der Waals surface area contributed by atoms with Gasteiger partial charge in [-0.3, -0.25) is 9.89 Å². The molecule has 0 saturated heterocycles. The Balaban J connectivity index is 1.35. The third-order valence-corrected chi connectivity index (χ3v) is 8.14. The van der Waals surface area contributed by atoms with Gasteiger partial charge in [-0.25, -0.2) is 13.4 Å². The van der Waals surface area contributed by atoms with E-state index in [-0.39, 0.29) is 16.6 Å². The van der Waals surface area contributed by atoms with Crippen molar-refractivity contribution in [3.63, 3.8) is 0 Å². The summed E-state index contributed by atoms with van der Waals surface area (Å²) in [5.74, 6) is 0.243. The van der Waals surface area contributed by atoms with Gasteiger partial charge in [-0.15, -0.1) is 0 Å². The normalized spacial score (nSPS) is 11.6. The molecule has 0 bridgehead atoms. The number of benzene rings is 3. The Morgan fingerprint density at radius 1 is 1.06 bits per heavy atom. The molecule has 36 heavy (non-hydrogen) atoms. The van der Waals surface area contributed by atoms with Crippen LogP contribution in [0.4, 0.5) is 5.69 Å². The summed E-state index contributed by atoms with van der Waals surface area (Å²) in [6.45, 7) is 1.60. The van der Waals surface area contributed by atoms with E-state index in [1.54, 1.807) is 19.2 Å². The summed E-state index contributed by atoms with van der Waals surface area (Å²) >= 11 is 2.23. The zero-order valence-corrected chi connectivity index (χ0v) is 22.1. The Kier molecular flexibility index (Phi) is 6.63. The van der Waals surface area contributed by atoms with E-state index in [9.17, 15) is 13.2 Å². The standard InChI is InChI=1S/C26H21IN4O4S/c1-2-36(33,34)20-11-12-23-22(14-20)30-26(35-23)21-15-28-31-25(21)17-5-9-19(10-6-17)29-24(32)13-16-3-7-18(27)8-4-16/h3-12,14-15H,2,13H2,1H3,(H,28,31)(H,29,32). The summed E-state index contributed by atoms with van der Waals surface area (Å²) in [6.07, 6.45) is 1.97. The number of oxazole rings is 1. The van der Waals surface area contributed by atoms with Gasteiger partial charge in [0.1, 0.15) is 11.2 Å². The molecular weight excluding hydrogens is 591 g/mol. The van der Waals surface area contributed by atoms with Crippen molar-refractivity contribution in [2.45, 2.75) is 18.2 Å². The van der Waals surface area contributed by atoms with Crippen LogP contribution in [0.25, 0.3) is 33.8 Å². The predicted molar refractivity (Wildman–Crippen MR) is 146 cm³/mol. The van der Waals surface area contributed by atoms with E-state index in [1.165, 1.54) is 12.1 Å². The molecule has 2 aromatic heterocycles. The highest BCUT2D eigenvalue weighted by atomic mass is 127. The van der Waals surface area contributed by atoms with Crippen LogP contribution >= 0.6 is 22.6 Å². The van der Waals surface area contributed by atoms with E-state index in [2.05, 4.69) is 43.1 Å². The smallest absolute Gasteiger partial charge is 0.231 e. The molecular formula is C26H21IN4O4S. The van der Waals surface area contributed by atoms with Crippen LogP contribution in [0.2, 0.25) is 0 Å². The number of nitrogens with zero attached hydrogens (tertiary/aromatic N) is 2. The van der Waals surface area contributed by atoms with E-state index in [1.807, 2.05) is 48.5 Å². The fourth-order valence-corrected chi connectivity index (χ4v) is 5.02. The van der Waals surface area contributed by atoms with Gasteiger partial charge < -0.3 is 9.73 Å². The quantitative estimate of drug-likeness (QED) is 0.236. The molecule has 0 unspecified atom stereocenters. The minimum Gasteiger partial charge on any atom is -0.436 e. The van der Waals surface area contributed by atoms with Gasteiger partial charge in [-0.2, -0.15) is 5.10 Å². The summed E-state index contributed by atoms with van der Waals surface area (Å²) < 4.78 is 31.4. The van der Waals surface area contributed by atoms with Crippen molar-refractivity contribution in [3.05, 3.63) is 82.1 Å². The molecule has 5 aromatic rings. The number of rotatable bonds is 7. The lowest BCUT2D eigenvalue weighted by atomic mass is 10.1. The predicted octanol–water partition coefficient (Wildman–Crippen LogP) is 5.46. The Morgan fingerprint density at radius 3 is 2.53 bits per heavy atom. The van der Waals surface area contributed by atoms with E-state index in [0.29, 0.717) is 40.4 Å². The van der Waals surface area contributed by atoms with Crippen LogP contribution in [0.1, 0.15) is 12.5 Å². The van der Waals surface area contributed by atoms with Crippen LogP contribution in [0.3, 0.4) is 0 Å². The zero-order chi connectivity index (χ0) is 25.3. The van der Waals surface area contributed by atoms with Crippen LogP contribution in [0.15, 0.2) is 82.2 Å². The maximum atomic E-state index is 12.4. The summed E-state index contributed by atoms with van der Waals surface area (Å²) in [6, 6.07) is 19.8. The summed E-state index contributed by atoms with van der Waals surface area (Å²) in [4.78, 5) is 17.1. The Hall–Kier alpha value is -3.51. The summed E-state index contributed by atoms with van der Waals surface area (Å²) in [5.41, 5.74) is 4.64. The Morgan fingerprint density at radius 2 is 1.81 bits per heavy atom. The monoisotopic (exact) mass is 612 g/mol. The molecule has 0 aliphatic carbocycles. The molecule has 3 aromatic carbocycles. The SMILES string of the molecule is CCS(=O)(=O)c1ccc2oc(-c3c[nH]nc3-c3ccc(NC(=O)Cc4ccc(I)cc4)cc3)nc2c1. The molecule has 0 aliphatic heterocycles. The molecule has 182 valence electrons. The lowest BCUT2D eigenvalue weighted by Gasteiger charge is -2.07. The molecule has 0 spiro atoms. The van der Waals surface area contributed by atoms with E-state index in [4.69, 9.17) is 4.42 Å². The summed E-state index contributed by atoms with van der Waals surface area (Å²) in [7, 11) is -3.35. The third-order valence-electron chi connectivity index (χ3n) is 5.69. The van der Waals surface area contributed by atoms with Crippen LogP contribution in [-0.4, -0.2) is 35.3 Å². The zero-order valence-electron chi connectivity index (χ0n) is 19.2. The molecule has 1 amide bonds. The minimum absolute atomic E-state index is 0.0111. The number of carbonyl (C=O) groups excluding carboxylic acids is 1. The number of carbonyl (C=O) groups is 1. The second-order valence-electron chi connectivity index (χ2n) is 8.13. The molecule has 0 radical (unpaired) electrons. The minimum atomic E-state index is -3.35. The summed E-state index contributed by atoms with van der Waals surface area (Å²) in [5, 5.41) is 10.1. The lowest BCUT2D eigenvalue weighted by molar-refractivity contribution is -0.115. The van der Waals surface area contributed by atoms with Crippen LogP contribution < -0.4 is 5.32 Å². The second kappa shape index (κ2) is 9.86. The van der Waals surface area contributed by atoms with Crippen molar-refractivity contribution < 1.29 is 17.6 Å². The highest BCUT2D eigenvalue weighted by Gasteiger charge is 2.19. The van der Waals surface area contributed by atoms with Gasteiger partial charge in [0.25, 0.3) is 0 Å². The largest absolute Gasteiger partial charge is 0.436 e. The second-order valence-corrected chi connectivity index (χ2v) is 11.7. The van der Waals surface area contributed by atoms with Gasteiger partial charge in [0.05, 0.1) is 22.6 Å². The van der Waals surface area contributed by atoms with E-state index >= 15 is 0 Å². The number of halogens is 1. The first-order valence-corrected chi connectivity index (χ1v) is 13.9. The first kappa shape index (κ1) is 24.2. The Bertz CT molecular complexity index is 1660. The molecule has 2 heterocycles. The van der Waals surface area contributed by atoms with Gasteiger partial charge in [-0.1, -0.05) is 31.2 Å². The highest BCUT2D eigenvalue weighted by molar-refractivity contribution is 14.1. The van der Waals surface area contributed by atoms with Gasteiger partial charge in [0.15, 0.2) is 15.4 Å². The number of hydrogen-bond donors (Lipinski definition) is 2. The number of aromatic amines is 1. The van der Waals surface area contributed by atoms with Gasteiger partial charge >= 0.3 is 0 Å². The molecule has 8 nitrogen and oxygen atoms in total. The molecule has 5 rings (SSSR count). The topological polar surface area (TPSA) is 118 Å². The number of anilines is 1. The molecule has 0 aliphatic rings. The van der Waals surface area contributed by atoms with Crippen LogP contribution in [0.5, 0.6) is 0 Å². The molecule has 10 heteroatoms. The number of amides is 1. The average molecular weight is 612 g/mol. The van der Waals surface area contributed by atoms with Crippen molar-refractivity contribution in [2.75, 3.05) is 11.1 Å². The first-order chi connectivity index (χ1) is 17.3. The van der Waals surface area contributed by atoms with Gasteiger partial charge in [0.2, 0.25) is 11.8 Å². The maximum absolute atomic E-state index is 12.4. The van der Waals surface area contributed by atoms with Crippen LogP contribution in [0, 0.1) is 3.57 Å². The molecule has 0 saturated carbocycles. The fourth-order valence-electron chi connectivity index (χ4n) is 3.76. The molecule has 2 N–H and O–H groups in total. The van der Waals surface area contributed by atoms with Crippen molar-refractivity contribution >= 4 is 55.1 Å². The van der Waals surface area contributed by atoms with Crippen LogP contribution in [-0.2, 0) is 21.1 Å². The van der Waals surface area contributed by atoms with Gasteiger partial charge in [0, 0.05) is 21.0 Å². The van der Waals surface area contributed by atoms with E-state index in [0.717, 1.165) is 14.7 Å². The number of H-pyrrole nitrogens is 1. The fraction of sp³-hybridized carbons (Fsp3) is 0.115. The number of sulfone groups is 1. The number of aromatic nitrogens is 3.